The van der Waals surface area contributed by atoms with Gasteiger partial charge in [-0.15, -0.1) is 0 Å². The molecule has 8 nitrogen and oxygen atoms in total. The molecular weight excluding hydrogens is 404 g/mol. The van der Waals surface area contributed by atoms with Crippen molar-refractivity contribution in [3.8, 4) is 0 Å². The molecule has 4 heterocycles. The second-order valence-electron chi connectivity index (χ2n) is 8.25. The van der Waals surface area contributed by atoms with Gasteiger partial charge in [0.15, 0.2) is 0 Å². The minimum atomic E-state index is -0.169. The van der Waals surface area contributed by atoms with Gasteiger partial charge in [0.25, 0.3) is 11.5 Å². The first-order valence-electron chi connectivity index (χ1n) is 11.2. The number of anilines is 1. The van der Waals surface area contributed by atoms with Crippen LogP contribution in [0.4, 0.5) is 5.69 Å². The lowest BCUT2D eigenvalue weighted by molar-refractivity contribution is 0.0958. The molecule has 0 saturated carbocycles. The van der Waals surface area contributed by atoms with Gasteiger partial charge in [-0.05, 0) is 49.6 Å². The molecule has 0 atom stereocenters. The van der Waals surface area contributed by atoms with E-state index in [1.165, 1.54) is 0 Å². The average molecular weight is 435 g/mol. The normalized spacial score (nSPS) is 15.0. The smallest absolute Gasteiger partial charge is 0.269 e. The van der Waals surface area contributed by atoms with E-state index in [2.05, 4.69) is 30.1 Å². The highest BCUT2D eigenvalue weighted by molar-refractivity contribution is 5.92. The molecule has 2 N–H and O–H groups in total. The zero-order chi connectivity index (χ0) is 22.7. The molecule has 168 valence electrons. The third kappa shape index (κ3) is 4.65. The zero-order valence-corrected chi connectivity index (χ0v) is 18.9. The summed E-state index contributed by atoms with van der Waals surface area (Å²) in [7, 11) is 1.61. The number of nitrogens with one attached hydrogen (secondary N) is 2. The predicted octanol–water partition coefficient (Wildman–Crippen LogP) is 2.26. The van der Waals surface area contributed by atoms with Crippen LogP contribution in [0.5, 0.6) is 0 Å². The minimum Gasteiger partial charge on any atom is -0.369 e. The Kier molecular flexibility index (Phi) is 6.50. The number of rotatable bonds is 5. The maximum Gasteiger partial charge on any atom is 0.269 e. The van der Waals surface area contributed by atoms with Gasteiger partial charge in [0.05, 0.1) is 22.4 Å². The van der Waals surface area contributed by atoms with Crippen molar-refractivity contribution in [1.82, 2.24) is 25.2 Å². The van der Waals surface area contributed by atoms with E-state index in [1.54, 1.807) is 13.1 Å². The van der Waals surface area contributed by atoms with Crippen LogP contribution in [-0.4, -0.2) is 59.0 Å². The number of aromatic nitrogens is 3. The molecule has 3 aromatic rings. The number of nitrogens with zero attached hydrogens (tertiary/aromatic N) is 4. The van der Waals surface area contributed by atoms with E-state index in [0.717, 1.165) is 72.7 Å². The third-order valence-corrected chi connectivity index (χ3v) is 6.06. The van der Waals surface area contributed by atoms with Crippen LogP contribution in [0.3, 0.4) is 0 Å². The van der Waals surface area contributed by atoms with E-state index in [0.29, 0.717) is 12.1 Å². The van der Waals surface area contributed by atoms with Gasteiger partial charge in [0.1, 0.15) is 5.69 Å². The van der Waals surface area contributed by atoms with Gasteiger partial charge in [0, 0.05) is 51.5 Å². The van der Waals surface area contributed by atoms with Gasteiger partial charge in [0.2, 0.25) is 0 Å². The Morgan fingerprint density at radius 1 is 1.19 bits per heavy atom. The van der Waals surface area contributed by atoms with Crippen LogP contribution in [0.15, 0.2) is 35.3 Å². The number of pyridine rings is 3. The van der Waals surface area contributed by atoms with Crippen molar-refractivity contribution in [2.45, 2.75) is 33.2 Å². The summed E-state index contributed by atoms with van der Waals surface area (Å²) in [5.41, 5.74) is 5.84. The van der Waals surface area contributed by atoms with Gasteiger partial charge >= 0.3 is 0 Å². The Balaban J connectivity index is 1.45. The highest BCUT2D eigenvalue weighted by Gasteiger charge is 2.18. The molecule has 8 heteroatoms. The summed E-state index contributed by atoms with van der Waals surface area (Å²) in [6.07, 6.45) is 3.64. The molecule has 4 rings (SSSR count). The highest BCUT2D eigenvalue weighted by atomic mass is 16.1. The molecule has 1 aliphatic heterocycles. The molecule has 1 saturated heterocycles. The Bertz CT molecular complexity index is 1190. The fraction of sp³-hybridized carbons (Fsp3) is 0.417. The summed E-state index contributed by atoms with van der Waals surface area (Å²) < 4.78 is 0. The van der Waals surface area contributed by atoms with Crippen LogP contribution in [0.25, 0.3) is 11.0 Å². The van der Waals surface area contributed by atoms with Gasteiger partial charge in [-0.2, -0.15) is 0 Å². The van der Waals surface area contributed by atoms with E-state index in [-0.39, 0.29) is 11.5 Å². The number of H-pyrrole nitrogens is 1. The maximum atomic E-state index is 12.2. The molecule has 0 aliphatic carbocycles. The van der Waals surface area contributed by atoms with Crippen molar-refractivity contribution in [3.05, 3.63) is 63.3 Å². The highest BCUT2D eigenvalue weighted by Crippen LogP contribution is 2.21. The number of amides is 1. The lowest BCUT2D eigenvalue weighted by Gasteiger charge is -2.25. The Morgan fingerprint density at radius 3 is 2.78 bits per heavy atom. The molecule has 0 spiro atoms. The fourth-order valence-corrected chi connectivity index (χ4v) is 4.29. The first kappa shape index (κ1) is 22.0. The minimum absolute atomic E-state index is 0.0317. The van der Waals surface area contributed by atoms with Crippen molar-refractivity contribution in [2.75, 3.05) is 38.1 Å². The molecule has 0 radical (unpaired) electrons. The standard InChI is InChI=1S/C24H30N6O2/c1-4-18-13-20-21(28-23(18)31)12-17(14-26-20)15-29-8-5-9-30(11-10-29)22-7-6-19(24(32)25-3)27-16(22)2/h6-7,12-14H,4-5,8-11,15H2,1-3H3,(H,25,32)(H,28,31). The maximum absolute atomic E-state index is 12.2. The molecule has 0 unspecified atom stereocenters. The Morgan fingerprint density at radius 2 is 2.03 bits per heavy atom. The van der Waals surface area contributed by atoms with Crippen molar-refractivity contribution in [3.63, 3.8) is 0 Å². The van der Waals surface area contributed by atoms with Crippen molar-refractivity contribution >= 4 is 22.6 Å². The lowest BCUT2D eigenvalue weighted by atomic mass is 10.1. The lowest BCUT2D eigenvalue weighted by Crippen LogP contribution is -2.31. The summed E-state index contributed by atoms with van der Waals surface area (Å²) in [5.74, 6) is -0.169. The number of hydrogen-bond donors (Lipinski definition) is 2. The molecule has 1 fully saturated rings. The van der Waals surface area contributed by atoms with Crippen LogP contribution in [0.1, 0.15) is 40.7 Å². The van der Waals surface area contributed by atoms with Gasteiger partial charge in [-0.3, -0.25) is 19.5 Å². The number of hydrogen-bond acceptors (Lipinski definition) is 6. The number of aromatic amines is 1. The van der Waals surface area contributed by atoms with Crippen molar-refractivity contribution < 1.29 is 4.79 Å². The SMILES string of the molecule is CCc1cc2ncc(CN3CCCN(c4ccc(C(=O)NC)nc4C)CC3)cc2[nH]c1=O. The molecule has 1 amide bonds. The average Bonchev–Trinajstić information content (AvgIpc) is 3.03. The number of carbonyl (C=O) groups is 1. The molecule has 1 aliphatic rings. The largest absolute Gasteiger partial charge is 0.369 e. The summed E-state index contributed by atoms with van der Waals surface area (Å²) in [4.78, 5) is 40.8. The second-order valence-corrected chi connectivity index (χ2v) is 8.25. The van der Waals surface area contributed by atoms with E-state index in [9.17, 15) is 9.59 Å². The van der Waals surface area contributed by atoms with Crippen molar-refractivity contribution in [1.29, 1.82) is 0 Å². The Labute approximate surface area is 187 Å². The number of aryl methyl sites for hydroxylation is 2. The molecule has 0 bridgehead atoms. The summed E-state index contributed by atoms with van der Waals surface area (Å²) in [5, 5.41) is 2.62. The van der Waals surface area contributed by atoms with E-state index < -0.39 is 0 Å². The van der Waals surface area contributed by atoms with Crippen LogP contribution in [0.2, 0.25) is 0 Å². The molecule has 32 heavy (non-hydrogen) atoms. The molecular formula is C24H30N6O2. The van der Waals surface area contributed by atoms with Crippen LogP contribution in [0, 0.1) is 6.92 Å². The summed E-state index contributed by atoms with van der Waals surface area (Å²) >= 11 is 0. The number of fused-ring (bicyclic) bond motifs is 1. The van der Waals surface area contributed by atoms with Crippen LogP contribution < -0.4 is 15.8 Å². The predicted molar refractivity (Wildman–Crippen MR) is 126 cm³/mol. The quantitative estimate of drug-likeness (QED) is 0.640. The monoisotopic (exact) mass is 434 g/mol. The van der Waals surface area contributed by atoms with Crippen molar-refractivity contribution in [2.24, 2.45) is 0 Å². The van der Waals surface area contributed by atoms with E-state index in [1.807, 2.05) is 38.2 Å². The zero-order valence-electron chi connectivity index (χ0n) is 18.9. The van der Waals surface area contributed by atoms with Crippen LogP contribution in [-0.2, 0) is 13.0 Å². The topological polar surface area (TPSA) is 94.2 Å². The first-order chi connectivity index (χ1) is 15.5. The van der Waals surface area contributed by atoms with Gasteiger partial charge in [-0.25, -0.2) is 4.98 Å². The Hall–Kier alpha value is -3.26. The first-order valence-corrected chi connectivity index (χ1v) is 11.2. The van der Waals surface area contributed by atoms with E-state index in [4.69, 9.17) is 0 Å². The summed E-state index contributed by atoms with van der Waals surface area (Å²) in [6.45, 7) is 8.46. The summed E-state index contributed by atoms with van der Waals surface area (Å²) in [6, 6.07) is 7.71. The molecule has 3 aromatic heterocycles. The number of carbonyl (C=O) groups excluding carboxylic acids is 1. The van der Waals surface area contributed by atoms with E-state index >= 15 is 0 Å². The van der Waals surface area contributed by atoms with Crippen LogP contribution >= 0.6 is 0 Å². The van der Waals surface area contributed by atoms with Gasteiger partial charge in [-0.1, -0.05) is 6.92 Å². The molecule has 0 aromatic carbocycles. The van der Waals surface area contributed by atoms with Gasteiger partial charge < -0.3 is 15.2 Å². The third-order valence-electron chi connectivity index (χ3n) is 6.06. The second kappa shape index (κ2) is 9.48. The fourth-order valence-electron chi connectivity index (χ4n) is 4.29.